The number of hydrogen-bond acceptors (Lipinski definition) is 2. The van der Waals surface area contributed by atoms with Crippen molar-refractivity contribution in [1.29, 1.82) is 5.26 Å². The van der Waals surface area contributed by atoms with Crippen LogP contribution < -0.4 is 5.32 Å². The first-order chi connectivity index (χ1) is 12.1. The van der Waals surface area contributed by atoms with E-state index in [2.05, 4.69) is 11.4 Å². The fourth-order valence-electron chi connectivity index (χ4n) is 2.51. The lowest BCUT2D eigenvalue weighted by Gasteiger charge is -2.12. The van der Waals surface area contributed by atoms with Gasteiger partial charge in [-0.25, -0.2) is 8.78 Å². The van der Waals surface area contributed by atoms with E-state index in [1.807, 2.05) is 0 Å². The van der Waals surface area contributed by atoms with Crippen molar-refractivity contribution >= 4 is 11.6 Å². The summed E-state index contributed by atoms with van der Waals surface area (Å²) in [6, 6.07) is 18.6. The number of amides is 1. The molecule has 3 aromatic carbocycles. The molecule has 3 aromatic rings. The average molecular weight is 334 g/mol. The maximum absolute atomic E-state index is 13.8. The Bertz CT molecular complexity index is 993. The van der Waals surface area contributed by atoms with Gasteiger partial charge in [-0.15, -0.1) is 0 Å². The van der Waals surface area contributed by atoms with E-state index >= 15 is 0 Å². The van der Waals surface area contributed by atoms with Crippen LogP contribution in [0.4, 0.5) is 14.5 Å². The van der Waals surface area contributed by atoms with E-state index in [0.717, 1.165) is 12.1 Å². The van der Waals surface area contributed by atoms with E-state index in [1.165, 1.54) is 0 Å². The minimum absolute atomic E-state index is 0.116. The first-order valence-corrected chi connectivity index (χ1v) is 7.45. The maximum Gasteiger partial charge on any atom is 0.256 e. The number of carbonyl (C=O) groups excluding carboxylic acids is 1. The van der Waals surface area contributed by atoms with Gasteiger partial charge in [-0.2, -0.15) is 5.26 Å². The summed E-state index contributed by atoms with van der Waals surface area (Å²) < 4.78 is 26.8. The molecule has 3 rings (SSSR count). The van der Waals surface area contributed by atoms with Gasteiger partial charge in [-0.05, 0) is 29.8 Å². The molecule has 122 valence electrons. The van der Waals surface area contributed by atoms with Gasteiger partial charge >= 0.3 is 0 Å². The summed E-state index contributed by atoms with van der Waals surface area (Å²) in [5.74, 6) is -2.13. The van der Waals surface area contributed by atoms with Gasteiger partial charge in [-0.1, -0.05) is 36.4 Å². The zero-order valence-electron chi connectivity index (χ0n) is 13.0. The van der Waals surface area contributed by atoms with Crippen molar-refractivity contribution in [1.82, 2.24) is 0 Å². The molecule has 1 N–H and O–H groups in total. The molecule has 0 atom stereocenters. The molecule has 0 aliphatic carbocycles. The van der Waals surface area contributed by atoms with Gasteiger partial charge in [0.15, 0.2) is 0 Å². The van der Waals surface area contributed by atoms with E-state index in [1.54, 1.807) is 48.5 Å². The molecule has 0 saturated heterocycles. The highest BCUT2D eigenvalue weighted by Crippen LogP contribution is 2.27. The van der Waals surface area contributed by atoms with Gasteiger partial charge in [-0.3, -0.25) is 4.79 Å². The molecule has 3 nitrogen and oxygen atoms in total. The van der Waals surface area contributed by atoms with E-state index < -0.39 is 17.5 Å². The summed E-state index contributed by atoms with van der Waals surface area (Å²) in [5, 5.41) is 11.7. The van der Waals surface area contributed by atoms with Crippen LogP contribution in [-0.2, 0) is 0 Å². The molecular formula is C20H12F2N2O. The topological polar surface area (TPSA) is 52.9 Å². The Hall–Kier alpha value is -3.52. The summed E-state index contributed by atoms with van der Waals surface area (Å²) in [6.45, 7) is 0. The summed E-state index contributed by atoms with van der Waals surface area (Å²) in [6.07, 6.45) is 0. The van der Waals surface area contributed by atoms with Crippen molar-refractivity contribution in [2.75, 3.05) is 5.32 Å². The number of nitrogens with one attached hydrogen (secondary N) is 1. The number of halogens is 2. The van der Waals surface area contributed by atoms with Crippen molar-refractivity contribution in [3.8, 4) is 17.2 Å². The summed E-state index contributed by atoms with van der Waals surface area (Å²) in [5.41, 5.74) is 1.76. The molecule has 0 fully saturated rings. The average Bonchev–Trinajstić information content (AvgIpc) is 2.64. The maximum atomic E-state index is 13.8. The van der Waals surface area contributed by atoms with E-state index in [9.17, 15) is 18.8 Å². The van der Waals surface area contributed by atoms with Crippen LogP contribution >= 0.6 is 0 Å². The minimum Gasteiger partial charge on any atom is -0.319 e. The van der Waals surface area contributed by atoms with Gasteiger partial charge in [0.2, 0.25) is 0 Å². The number of nitrogens with zero attached hydrogens (tertiary/aromatic N) is 1. The molecule has 0 unspecified atom stereocenters. The van der Waals surface area contributed by atoms with Gasteiger partial charge in [0.1, 0.15) is 11.6 Å². The third-order valence-electron chi connectivity index (χ3n) is 3.69. The number of rotatable bonds is 3. The van der Waals surface area contributed by atoms with Gasteiger partial charge < -0.3 is 5.32 Å². The molecule has 25 heavy (non-hydrogen) atoms. The van der Waals surface area contributed by atoms with Crippen molar-refractivity contribution in [3.63, 3.8) is 0 Å². The number of anilines is 1. The number of nitriles is 1. The molecule has 0 bridgehead atoms. The molecule has 0 radical (unpaired) electrons. The van der Waals surface area contributed by atoms with Crippen molar-refractivity contribution in [3.05, 3.63) is 89.5 Å². The SMILES string of the molecule is N#Cc1ccccc1-c1ccccc1C(=O)Nc1ccc(F)cc1F. The van der Waals surface area contributed by atoms with Crippen LogP contribution in [0.2, 0.25) is 0 Å². The Labute approximate surface area is 143 Å². The van der Waals surface area contributed by atoms with Crippen LogP contribution in [0.5, 0.6) is 0 Å². The Morgan fingerprint density at radius 3 is 2.32 bits per heavy atom. The quantitative estimate of drug-likeness (QED) is 0.751. The summed E-state index contributed by atoms with van der Waals surface area (Å²) in [7, 11) is 0. The van der Waals surface area contributed by atoms with Crippen LogP contribution in [0, 0.1) is 23.0 Å². The minimum atomic E-state index is -0.858. The van der Waals surface area contributed by atoms with E-state index in [4.69, 9.17) is 0 Å². The molecule has 0 aromatic heterocycles. The molecule has 0 saturated carbocycles. The lowest BCUT2D eigenvalue weighted by molar-refractivity contribution is 0.102. The number of benzene rings is 3. The van der Waals surface area contributed by atoms with Crippen LogP contribution in [0.25, 0.3) is 11.1 Å². The third kappa shape index (κ3) is 3.38. The van der Waals surface area contributed by atoms with Crippen molar-refractivity contribution in [2.24, 2.45) is 0 Å². The molecule has 0 aliphatic rings. The first kappa shape index (κ1) is 16.3. The predicted molar refractivity (Wildman–Crippen MR) is 90.9 cm³/mol. The van der Waals surface area contributed by atoms with Gasteiger partial charge in [0, 0.05) is 17.2 Å². The Balaban J connectivity index is 2.01. The monoisotopic (exact) mass is 334 g/mol. The lowest BCUT2D eigenvalue weighted by Crippen LogP contribution is -2.14. The largest absolute Gasteiger partial charge is 0.319 e. The van der Waals surface area contributed by atoms with Crippen molar-refractivity contribution in [2.45, 2.75) is 0 Å². The highest BCUT2D eigenvalue weighted by molar-refractivity contribution is 6.09. The van der Waals surface area contributed by atoms with Crippen LogP contribution in [-0.4, -0.2) is 5.91 Å². The second-order valence-corrected chi connectivity index (χ2v) is 5.28. The molecule has 0 heterocycles. The predicted octanol–water partition coefficient (Wildman–Crippen LogP) is 4.76. The summed E-state index contributed by atoms with van der Waals surface area (Å²) >= 11 is 0. The van der Waals surface area contributed by atoms with Crippen LogP contribution in [0.3, 0.4) is 0 Å². The molecule has 5 heteroatoms. The standard InChI is InChI=1S/C20H12F2N2O/c21-14-9-10-19(18(22)11-14)24-20(25)17-8-4-3-7-16(17)15-6-2-1-5-13(15)12-23/h1-11H,(H,24,25). The van der Waals surface area contributed by atoms with Gasteiger partial charge in [0.25, 0.3) is 5.91 Å². The molecule has 1 amide bonds. The van der Waals surface area contributed by atoms with Crippen molar-refractivity contribution < 1.29 is 13.6 Å². The zero-order chi connectivity index (χ0) is 17.8. The fourth-order valence-corrected chi connectivity index (χ4v) is 2.51. The molecule has 0 aliphatic heterocycles. The first-order valence-electron chi connectivity index (χ1n) is 7.45. The number of hydrogen-bond donors (Lipinski definition) is 1. The smallest absolute Gasteiger partial charge is 0.256 e. The Morgan fingerprint density at radius 1 is 0.920 bits per heavy atom. The van der Waals surface area contributed by atoms with E-state index in [0.29, 0.717) is 22.8 Å². The van der Waals surface area contributed by atoms with Gasteiger partial charge in [0.05, 0.1) is 17.3 Å². The molecule has 0 spiro atoms. The highest BCUT2D eigenvalue weighted by Gasteiger charge is 2.16. The van der Waals surface area contributed by atoms with E-state index in [-0.39, 0.29) is 11.3 Å². The Kier molecular flexibility index (Phi) is 4.53. The normalized spacial score (nSPS) is 10.1. The second-order valence-electron chi connectivity index (χ2n) is 5.28. The lowest BCUT2D eigenvalue weighted by atomic mass is 9.95. The van der Waals surface area contributed by atoms with Crippen LogP contribution in [0.15, 0.2) is 66.7 Å². The zero-order valence-corrected chi connectivity index (χ0v) is 13.0. The summed E-state index contributed by atoms with van der Waals surface area (Å²) in [4.78, 5) is 12.6. The van der Waals surface area contributed by atoms with Crippen LogP contribution in [0.1, 0.15) is 15.9 Å². The Morgan fingerprint density at radius 2 is 1.60 bits per heavy atom. The third-order valence-corrected chi connectivity index (χ3v) is 3.69. The number of carbonyl (C=O) groups is 1. The second kappa shape index (κ2) is 6.93. The molecular weight excluding hydrogens is 322 g/mol. The fraction of sp³-hybridized carbons (Fsp3) is 0. The highest BCUT2D eigenvalue weighted by atomic mass is 19.1.